The van der Waals surface area contributed by atoms with E-state index in [0.29, 0.717) is 13.0 Å². The summed E-state index contributed by atoms with van der Waals surface area (Å²) >= 11 is 0. The van der Waals surface area contributed by atoms with E-state index in [1.807, 2.05) is 45.0 Å². The minimum atomic E-state index is -0.987. The van der Waals surface area contributed by atoms with Gasteiger partial charge in [0.25, 0.3) is 0 Å². The van der Waals surface area contributed by atoms with E-state index in [1.54, 1.807) is 0 Å². The van der Waals surface area contributed by atoms with Gasteiger partial charge in [-0.2, -0.15) is 0 Å². The lowest BCUT2D eigenvalue weighted by Crippen LogP contribution is -2.56. The van der Waals surface area contributed by atoms with Crippen LogP contribution in [0.2, 0.25) is 0 Å². The van der Waals surface area contributed by atoms with Gasteiger partial charge in [-0.25, -0.2) is 4.79 Å². The molecule has 1 amide bonds. The molecule has 1 unspecified atom stereocenters. The van der Waals surface area contributed by atoms with Crippen LogP contribution in [0, 0.1) is 5.41 Å². The Bertz CT molecular complexity index is 563. The summed E-state index contributed by atoms with van der Waals surface area (Å²) < 4.78 is 0. The molecule has 2 atom stereocenters. The summed E-state index contributed by atoms with van der Waals surface area (Å²) in [7, 11) is 0. The van der Waals surface area contributed by atoms with Crippen LogP contribution in [0.4, 0.5) is 0 Å². The lowest BCUT2D eigenvalue weighted by molar-refractivity contribution is -0.153. The molecule has 0 aliphatic carbocycles. The van der Waals surface area contributed by atoms with Crippen molar-refractivity contribution in [3.63, 3.8) is 0 Å². The van der Waals surface area contributed by atoms with Crippen LogP contribution in [0.3, 0.4) is 0 Å². The summed E-state index contributed by atoms with van der Waals surface area (Å²) in [6.07, 6.45) is 0.327. The Kier molecular flexibility index (Phi) is 4.05. The van der Waals surface area contributed by atoms with Gasteiger partial charge in [0.2, 0.25) is 5.91 Å². The van der Waals surface area contributed by atoms with Crippen molar-refractivity contribution in [2.45, 2.75) is 45.8 Å². The molecule has 1 aliphatic heterocycles. The first kappa shape index (κ1) is 15.5. The van der Waals surface area contributed by atoms with E-state index in [1.165, 1.54) is 4.90 Å². The van der Waals surface area contributed by atoms with Crippen molar-refractivity contribution in [1.82, 2.24) is 4.90 Å². The fourth-order valence-electron chi connectivity index (χ4n) is 2.52. The number of carboxylic acids is 1. The lowest BCUT2D eigenvalue weighted by Gasteiger charge is -2.38. The number of amides is 1. The van der Waals surface area contributed by atoms with E-state index in [0.717, 1.165) is 11.1 Å². The molecule has 0 aromatic heterocycles. The van der Waals surface area contributed by atoms with Gasteiger partial charge in [-0.05, 0) is 16.5 Å². The summed E-state index contributed by atoms with van der Waals surface area (Å²) in [6, 6.07) is 6.06. The van der Waals surface area contributed by atoms with Crippen LogP contribution in [0.5, 0.6) is 0 Å². The highest BCUT2D eigenvalue weighted by atomic mass is 16.4. The van der Waals surface area contributed by atoms with Crippen molar-refractivity contribution >= 4 is 11.9 Å². The molecule has 0 fully saturated rings. The number of hydrogen-bond acceptors (Lipinski definition) is 3. The van der Waals surface area contributed by atoms with Crippen molar-refractivity contribution in [1.29, 1.82) is 0 Å². The topological polar surface area (TPSA) is 83.6 Å². The van der Waals surface area contributed by atoms with E-state index in [9.17, 15) is 14.7 Å². The van der Waals surface area contributed by atoms with Gasteiger partial charge < -0.3 is 15.7 Å². The number of aliphatic carboxylic acids is 1. The molecule has 1 heterocycles. The minimum Gasteiger partial charge on any atom is -0.480 e. The first-order valence-corrected chi connectivity index (χ1v) is 7.07. The van der Waals surface area contributed by atoms with Crippen LogP contribution < -0.4 is 5.73 Å². The Balaban J connectivity index is 2.33. The number of nitrogens with zero attached hydrogens (tertiary/aromatic N) is 1. The van der Waals surface area contributed by atoms with Crippen molar-refractivity contribution in [3.05, 3.63) is 35.4 Å². The highest BCUT2D eigenvalue weighted by molar-refractivity contribution is 5.88. The Hall–Kier alpha value is -1.88. The number of carbonyl (C=O) groups excluding carboxylic acids is 1. The molecule has 5 nitrogen and oxygen atoms in total. The van der Waals surface area contributed by atoms with Crippen molar-refractivity contribution in [2.75, 3.05) is 0 Å². The number of benzene rings is 1. The highest BCUT2D eigenvalue weighted by Gasteiger charge is 2.39. The third-order valence-corrected chi connectivity index (χ3v) is 4.02. The number of carbonyl (C=O) groups is 2. The Morgan fingerprint density at radius 2 is 1.86 bits per heavy atom. The predicted molar refractivity (Wildman–Crippen MR) is 79.6 cm³/mol. The van der Waals surface area contributed by atoms with Crippen molar-refractivity contribution in [3.8, 4) is 0 Å². The van der Waals surface area contributed by atoms with Crippen LogP contribution in [-0.4, -0.2) is 34.0 Å². The maximum Gasteiger partial charge on any atom is 0.326 e. The molecule has 5 heteroatoms. The molecule has 0 bridgehead atoms. The minimum absolute atomic E-state index is 0.301. The predicted octanol–water partition coefficient (Wildman–Crippen LogP) is 1.40. The van der Waals surface area contributed by atoms with Gasteiger partial charge in [-0.15, -0.1) is 0 Å². The van der Waals surface area contributed by atoms with Crippen LogP contribution in [0.25, 0.3) is 0 Å². The molecular weight excluding hydrogens is 268 g/mol. The van der Waals surface area contributed by atoms with Crippen LogP contribution >= 0.6 is 0 Å². The Labute approximate surface area is 124 Å². The third-order valence-electron chi connectivity index (χ3n) is 4.02. The van der Waals surface area contributed by atoms with Gasteiger partial charge in [0.1, 0.15) is 6.04 Å². The molecule has 1 aromatic rings. The summed E-state index contributed by atoms with van der Waals surface area (Å²) in [6.45, 7) is 5.94. The average molecular weight is 290 g/mol. The van der Waals surface area contributed by atoms with E-state index in [4.69, 9.17) is 5.73 Å². The molecule has 0 saturated carbocycles. The molecule has 1 aromatic carbocycles. The van der Waals surface area contributed by atoms with Gasteiger partial charge in [0.15, 0.2) is 0 Å². The van der Waals surface area contributed by atoms with Gasteiger partial charge >= 0.3 is 5.97 Å². The Morgan fingerprint density at radius 3 is 2.38 bits per heavy atom. The van der Waals surface area contributed by atoms with Gasteiger partial charge in [-0.3, -0.25) is 4.79 Å². The van der Waals surface area contributed by atoms with Crippen molar-refractivity contribution < 1.29 is 14.7 Å². The van der Waals surface area contributed by atoms with Crippen LogP contribution in [0.1, 0.15) is 31.9 Å². The second-order valence-corrected chi connectivity index (χ2v) is 6.64. The lowest BCUT2D eigenvalue weighted by atomic mass is 9.85. The average Bonchev–Trinajstić information content (AvgIpc) is 2.43. The summed E-state index contributed by atoms with van der Waals surface area (Å²) in [5, 5.41) is 9.43. The van der Waals surface area contributed by atoms with Crippen LogP contribution in [-0.2, 0) is 22.6 Å². The second kappa shape index (κ2) is 5.48. The molecular formula is C16H22N2O3. The van der Waals surface area contributed by atoms with E-state index >= 15 is 0 Å². The standard InChI is InChI=1S/C16H22N2O3/c1-16(2,3)13(17)14(19)18-9-11-7-5-4-6-10(11)8-12(18)15(20)21/h4-7,12-13H,8-9,17H2,1-3H3,(H,20,21)/t12-,13?/m1/s1. The first-order valence-electron chi connectivity index (χ1n) is 7.07. The molecule has 0 spiro atoms. The fraction of sp³-hybridized carbons (Fsp3) is 0.500. The number of rotatable bonds is 2. The molecule has 0 radical (unpaired) electrons. The zero-order valence-electron chi connectivity index (χ0n) is 12.7. The molecule has 2 rings (SSSR count). The maximum absolute atomic E-state index is 12.6. The number of hydrogen-bond donors (Lipinski definition) is 2. The quantitative estimate of drug-likeness (QED) is 0.862. The molecule has 1 aliphatic rings. The smallest absolute Gasteiger partial charge is 0.326 e. The molecule has 3 N–H and O–H groups in total. The van der Waals surface area contributed by atoms with Crippen LogP contribution in [0.15, 0.2) is 24.3 Å². The summed E-state index contributed by atoms with van der Waals surface area (Å²) in [4.78, 5) is 25.5. The van der Waals surface area contributed by atoms with Gasteiger partial charge in [0.05, 0.1) is 6.04 Å². The number of fused-ring (bicyclic) bond motifs is 1. The number of nitrogens with two attached hydrogens (primary N) is 1. The largest absolute Gasteiger partial charge is 0.480 e. The number of carboxylic acid groups (broad SMARTS) is 1. The normalized spacial score (nSPS) is 19.8. The van der Waals surface area contributed by atoms with E-state index in [-0.39, 0.29) is 5.91 Å². The van der Waals surface area contributed by atoms with E-state index in [2.05, 4.69) is 0 Å². The zero-order valence-corrected chi connectivity index (χ0v) is 12.7. The molecule has 0 saturated heterocycles. The summed E-state index contributed by atoms with van der Waals surface area (Å²) in [5.41, 5.74) is 7.59. The first-order chi connectivity index (χ1) is 9.71. The van der Waals surface area contributed by atoms with Gasteiger partial charge in [-0.1, -0.05) is 45.0 Å². The Morgan fingerprint density at radius 1 is 1.29 bits per heavy atom. The van der Waals surface area contributed by atoms with Gasteiger partial charge in [0, 0.05) is 13.0 Å². The van der Waals surface area contributed by atoms with Crippen molar-refractivity contribution in [2.24, 2.45) is 11.1 Å². The van der Waals surface area contributed by atoms with E-state index < -0.39 is 23.5 Å². The SMILES string of the molecule is CC(C)(C)C(N)C(=O)N1Cc2ccccc2C[C@@H]1C(=O)O. The monoisotopic (exact) mass is 290 g/mol. The fourth-order valence-corrected chi connectivity index (χ4v) is 2.52. The highest BCUT2D eigenvalue weighted by Crippen LogP contribution is 2.27. The third kappa shape index (κ3) is 3.08. The second-order valence-electron chi connectivity index (χ2n) is 6.64. The zero-order chi connectivity index (χ0) is 15.8. The molecule has 21 heavy (non-hydrogen) atoms. The molecule has 114 valence electrons. The summed E-state index contributed by atoms with van der Waals surface area (Å²) in [5.74, 6) is -1.29. The maximum atomic E-state index is 12.6.